The van der Waals surface area contributed by atoms with Crippen LogP contribution in [0.3, 0.4) is 0 Å². The van der Waals surface area contributed by atoms with Crippen molar-refractivity contribution in [3.05, 3.63) is 29.3 Å². The number of nitrogens with zero attached hydrogens (tertiary/aromatic N) is 1. The van der Waals surface area contributed by atoms with Crippen molar-refractivity contribution in [2.24, 2.45) is 0 Å². The molecule has 0 saturated heterocycles. The SMILES string of the molecule is Cc1ccc(C#N)cc1NCC=O. The lowest BCUT2D eigenvalue weighted by Gasteiger charge is -2.05. The first-order chi connectivity index (χ1) is 6.27. The summed E-state index contributed by atoms with van der Waals surface area (Å²) >= 11 is 0. The minimum Gasteiger partial charge on any atom is -0.378 e. The summed E-state index contributed by atoms with van der Waals surface area (Å²) in [6.45, 7) is 2.20. The van der Waals surface area contributed by atoms with Gasteiger partial charge in [-0.1, -0.05) is 6.07 Å². The van der Waals surface area contributed by atoms with E-state index in [-0.39, 0.29) is 6.54 Å². The Kier molecular flexibility index (Phi) is 3.04. The van der Waals surface area contributed by atoms with Gasteiger partial charge in [-0.25, -0.2) is 0 Å². The van der Waals surface area contributed by atoms with Crippen molar-refractivity contribution in [2.75, 3.05) is 11.9 Å². The van der Waals surface area contributed by atoms with E-state index in [0.717, 1.165) is 17.5 Å². The molecule has 0 radical (unpaired) electrons. The smallest absolute Gasteiger partial charge is 0.139 e. The van der Waals surface area contributed by atoms with Crippen molar-refractivity contribution in [1.29, 1.82) is 5.26 Å². The fraction of sp³-hybridized carbons (Fsp3) is 0.200. The summed E-state index contributed by atoms with van der Waals surface area (Å²) in [4.78, 5) is 10.1. The topological polar surface area (TPSA) is 52.9 Å². The quantitative estimate of drug-likeness (QED) is 0.706. The van der Waals surface area contributed by atoms with Gasteiger partial charge in [-0.2, -0.15) is 5.26 Å². The Morgan fingerprint density at radius 2 is 2.38 bits per heavy atom. The third-order valence-corrected chi connectivity index (χ3v) is 1.74. The van der Waals surface area contributed by atoms with E-state index in [2.05, 4.69) is 5.32 Å². The lowest BCUT2D eigenvalue weighted by Crippen LogP contribution is -2.03. The summed E-state index contributed by atoms with van der Waals surface area (Å²) < 4.78 is 0. The third kappa shape index (κ3) is 2.31. The average molecular weight is 174 g/mol. The van der Waals surface area contributed by atoms with Crippen molar-refractivity contribution < 1.29 is 4.79 Å². The van der Waals surface area contributed by atoms with E-state index in [9.17, 15) is 4.79 Å². The second-order valence-electron chi connectivity index (χ2n) is 2.69. The predicted molar refractivity (Wildman–Crippen MR) is 50.4 cm³/mol. The number of anilines is 1. The van der Waals surface area contributed by atoms with E-state index < -0.39 is 0 Å². The molecule has 1 aromatic rings. The van der Waals surface area contributed by atoms with Gasteiger partial charge in [0.25, 0.3) is 0 Å². The lowest BCUT2D eigenvalue weighted by molar-refractivity contribution is -0.106. The molecule has 66 valence electrons. The molecule has 3 nitrogen and oxygen atoms in total. The van der Waals surface area contributed by atoms with Crippen LogP contribution in [0.1, 0.15) is 11.1 Å². The third-order valence-electron chi connectivity index (χ3n) is 1.74. The molecular formula is C10H10N2O. The van der Waals surface area contributed by atoms with Gasteiger partial charge in [-0.05, 0) is 24.6 Å². The largest absolute Gasteiger partial charge is 0.378 e. The van der Waals surface area contributed by atoms with Crippen LogP contribution in [-0.4, -0.2) is 12.8 Å². The first kappa shape index (κ1) is 9.27. The molecule has 0 aliphatic rings. The number of benzene rings is 1. The van der Waals surface area contributed by atoms with Gasteiger partial charge in [-0.3, -0.25) is 0 Å². The fourth-order valence-corrected chi connectivity index (χ4v) is 1.03. The summed E-state index contributed by atoms with van der Waals surface area (Å²) in [5.41, 5.74) is 2.46. The van der Waals surface area contributed by atoms with Gasteiger partial charge in [0.1, 0.15) is 6.29 Å². The molecule has 3 heteroatoms. The zero-order valence-corrected chi connectivity index (χ0v) is 7.37. The molecule has 0 atom stereocenters. The first-order valence-corrected chi connectivity index (χ1v) is 3.96. The molecule has 0 aromatic heterocycles. The van der Waals surface area contributed by atoms with Crippen LogP contribution in [-0.2, 0) is 4.79 Å². The molecule has 0 spiro atoms. The predicted octanol–water partition coefficient (Wildman–Crippen LogP) is 1.48. The number of hydrogen-bond acceptors (Lipinski definition) is 3. The molecule has 0 heterocycles. The normalized spacial score (nSPS) is 8.92. The number of nitriles is 1. The number of nitrogens with one attached hydrogen (secondary N) is 1. The van der Waals surface area contributed by atoms with Gasteiger partial charge in [-0.15, -0.1) is 0 Å². The molecule has 0 aliphatic heterocycles. The molecule has 0 fully saturated rings. The maximum Gasteiger partial charge on any atom is 0.139 e. The van der Waals surface area contributed by atoms with Crippen LogP contribution in [0.2, 0.25) is 0 Å². The zero-order chi connectivity index (χ0) is 9.68. The Balaban J connectivity index is 2.91. The van der Waals surface area contributed by atoms with Crippen molar-refractivity contribution >= 4 is 12.0 Å². The molecular weight excluding hydrogens is 164 g/mol. The number of carbonyl (C=O) groups is 1. The van der Waals surface area contributed by atoms with Gasteiger partial charge in [0.05, 0.1) is 18.2 Å². The Labute approximate surface area is 77.0 Å². The molecule has 0 aliphatic carbocycles. The maximum absolute atomic E-state index is 10.1. The van der Waals surface area contributed by atoms with E-state index in [1.54, 1.807) is 12.1 Å². The number of hydrogen-bond donors (Lipinski definition) is 1. The van der Waals surface area contributed by atoms with Gasteiger partial charge in [0, 0.05) is 5.69 Å². The van der Waals surface area contributed by atoms with Crippen LogP contribution in [0.15, 0.2) is 18.2 Å². The van der Waals surface area contributed by atoms with Crippen LogP contribution in [0, 0.1) is 18.3 Å². The first-order valence-electron chi connectivity index (χ1n) is 3.96. The summed E-state index contributed by atoms with van der Waals surface area (Å²) in [5, 5.41) is 11.5. The number of rotatable bonds is 3. The number of aldehydes is 1. The highest BCUT2D eigenvalue weighted by molar-refractivity contribution is 5.62. The Morgan fingerprint density at radius 3 is 3.00 bits per heavy atom. The second kappa shape index (κ2) is 4.27. The van der Waals surface area contributed by atoms with E-state index >= 15 is 0 Å². The Hall–Kier alpha value is -1.82. The highest BCUT2D eigenvalue weighted by Crippen LogP contribution is 2.15. The zero-order valence-electron chi connectivity index (χ0n) is 7.37. The lowest BCUT2D eigenvalue weighted by atomic mass is 10.1. The maximum atomic E-state index is 10.1. The minimum absolute atomic E-state index is 0.274. The van der Waals surface area contributed by atoms with E-state index in [1.807, 2.05) is 19.1 Å². The molecule has 0 unspecified atom stereocenters. The van der Waals surface area contributed by atoms with E-state index in [4.69, 9.17) is 5.26 Å². The molecule has 13 heavy (non-hydrogen) atoms. The fourth-order valence-electron chi connectivity index (χ4n) is 1.03. The van der Waals surface area contributed by atoms with Crippen LogP contribution in [0.25, 0.3) is 0 Å². The standard InChI is InChI=1S/C10H10N2O/c1-8-2-3-9(7-11)6-10(8)12-4-5-13/h2-3,5-6,12H,4H2,1H3. The average Bonchev–Trinajstić information content (AvgIpc) is 2.17. The Bertz CT molecular complexity index is 352. The molecule has 0 amide bonds. The molecule has 1 rings (SSSR count). The van der Waals surface area contributed by atoms with Crippen molar-refractivity contribution in [3.8, 4) is 6.07 Å². The molecule has 0 saturated carbocycles. The van der Waals surface area contributed by atoms with Crippen LogP contribution in [0.4, 0.5) is 5.69 Å². The molecule has 1 aromatic carbocycles. The number of aryl methyl sites for hydroxylation is 1. The van der Waals surface area contributed by atoms with Crippen molar-refractivity contribution in [1.82, 2.24) is 0 Å². The molecule has 0 bridgehead atoms. The summed E-state index contributed by atoms with van der Waals surface area (Å²) in [6.07, 6.45) is 0.790. The van der Waals surface area contributed by atoms with Gasteiger partial charge in [0.15, 0.2) is 0 Å². The van der Waals surface area contributed by atoms with Crippen LogP contribution < -0.4 is 5.32 Å². The van der Waals surface area contributed by atoms with Gasteiger partial charge >= 0.3 is 0 Å². The van der Waals surface area contributed by atoms with Gasteiger partial charge in [0.2, 0.25) is 0 Å². The summed E-state index contributed by atoms with van der Waals surface area (Å²) in [5.74, 6) is 0. The van der Waals surface area contributed by atoms with Crippen LogP contribution >= 0.6 is 0 Å². The number of carbonyl (C=O) groups excluding carboxylic acids is 1. The Morgan fingerprint density at radius 1 is 1.62 bits per heavy atom. The van der Waals surface area contributed by atoms with Gasteiger partial charge < -0.3 is 10.1 Å². The minimum atomic E-state index is 0.274. The highest BCUT2D eigenvalue weighted by Gasteiger charge is 1.98. The van der Waals surface area contributed by atoms with Crippen molar-refractivity contribution in [3.63, 3.8) is 0 Å². The monoisotopic (exact) mass is 174 g/mol. The van der Waals surface area contributed by atoms with Crippen molar-refractivity contribution in [2.45, 2.75) is 6.92 Å². The van der Waals surface area contributed by atoms with E-state index in [0.29, 0.717) is 5.56 Å². The second-order valence-corrected chi connectivity index (χ2v) is 2.69. The van der Waals surface area contributed by atoms with E-state index in [1.165, 1.54) is 0 Å². The summed E-state index contributed by atoms with van der Waals surface area (Å²) in [7, 11) is 0. The molecule has 1 N–H and O–H groups in total. The highest BCUT2D eigenvalue weighted by atomic mass is 16.1. The summed E-state index contributed by atoms with van der Waals surface area (Å²) in [6, 6.07) is 7.38. The van der Waals surface area contributed by atoms with Crippen LogP contribution in [0.5, 0.6) is 0 Å².